The Labute approximate surface area is 270 Å². The number of likely N-dealkylation sites (tertiary alicyclic amines) is 1. The van der Waals surface area contributed by atoms with Gasteiger partial charge in [-0.1, -0.05) is 103 Å². The Balaban J connectivity index is 1.19. The highest BCUT2D eigenvalue weighted by Gasteiger charge is 2.33. The monoisotopic (exact) mass is 619 g/mol. The lowest BCUT2D eigenvalue weighted by Crippen LogP contribution is -2.53. The van der Waals surface area contributed by atoms with E-state index in [2.05, 4.69) is 27.7 Å². The predicted octanol–water partition coefficient (Wildman–Crippen LogP) is 5.84. The fourth-order valence-corrected chi connectivity index (χ4v) is 5.63. The van der Waals surface area contributed by atoms with Gasteiger partial charge < -0.3 is 14.8 Å². The van der Waals surface area contributed by atoms with Crippen LogP contribution in [-0.4, -0.2) is 48.0 Å². The summed E-state index contributed by atoms with van der Waals surface area (Å²) in [7, 11) is 0. The molecular weight excluding hydrogens is 578 g/mol. The Morgan fingerprint density at radius 3 is 2.00 bits per heavy atom. The molecule has 3 amide bonds. The summed E-state index contributed by atoms with van der Waals surface area (Å²) in [4.78, 5) is 41.8. The van der Waals surface area contributed by atoms with Crippen LogP contribution in [0.25, 0.3) is 0 Å². The number of hydrogen-bond donors (Lipinski definition) is 2. The fourth-order valence-electron chi connectivity index (χ4n) is 5.63. The zero-order chi connectivity index (χ0) is 32.0. The SMILES string of the molecule is O=C(N[C@@H](Cc1ccc(OCc2ccccc2)cc1)C(=O)NC(=O)[C@@H]1CCCN1CCCc1ccccc1)OCc1ccccc1. The third kappa shape index (κ3) is 10.0. The van der Waals surface area contributed by atoms with Crippen LogP contribution >= 0.6 is 0 Å². The summed E-state index contributed by atoms with van der Waals surface area (Å²) in [6, 6.07) is 35.4. The van der Waals surface area contributed by atoms with Gasteiger partial charge in [0, 0.05) is 6.42 Å². The molecule has 8 heteroatoms. The van der Waals surface area contributed by atoms with Gasteiger partial charge >= 0.3 is 6.09 Å². The molecule has 0 aliphatic carbocycles. The molecule has 1 aliphatic heterocycles. The van der Waals surface area contributed by atoms with Crippen molar-refractivity contribution >= 4 is 17.9 Å². The maximum atomic E-state index is 13.5. The van der Waals surface area contributed by atoms with Crippen LogP contribution < -0.4 is 15.4 Å². The molecule has 46 heavy (non-hydrogen) atoms. The van der Waals surface area contributed by atoms with E-state index in [0.717, 1.165) is 49.0 Å². The van der Waals surface area contributed by atoms with Gasteiger partial charge in [0.25, 0.3) is 0 Å². The van der Waals surface area contributed by atoms with E-state index >= 15 is 0 Å². The van der Waals surface area contributed by atoms with E-state index in [1.54, 1.807) is 0 Å². The van der Waals surface area contributed by atoms with Crippen molar-refractivity contribution in [3.05, 3.63) is 138 Å². The molecule has 0 unspecified atom stereocenters. The van der Waals surface area contributed by atoms with Crippen molar-refractivity contribution in [3.8, 4) is 5.75 Å². The van der Waals surface area contributed by atoms with E-state index in [1.807, 2.05) is 103 Å². The summed E-state index contributed by atoms with van der Waals surface area (Å²) >= 11 is 0. The first-order valence-electron chi connectivity index (χ1n) is 15.9. The molecule has 1 saturated heterocycles. The average molecular weight is 620 g/mol. The third-order valence-electron chi connectivity index (χ3n) is 8.10. The molecule has 1 heterocycles. The smallest absolute Gasteiger partial charge is 0.408 e. The molecule has 0 saturated carbocycles. The standard InChI is InChI=1S/C38H41N3O5/c42-36(40-37(43)35-19-11-25-41(35)24-10-18-29-12-4-1-5-13-29)34(39-38(44)46-28-32-16-8-3-9-17-32)26-30-20-22-33(23-21-30)45-27-31-14-6-2-7-15-31/h1-9,12-17,20-23,34-35H,10-11,18-19,24-28H2,(H,39,44)(H,40,42,43)/t34-,35-/m0/s1. The Morgan fingerprint density at radius 1 is 0.739 bits per heavy atom. The highest BCUT2D eigenvalue weighted by molar-refractivity contribution is 6.01. The first kappa shape index (κ1) is 32.4. The minimum Gasteiger partial charge on any atom is -0.489 e. The minimum absolute atomic E-state index is 0.0629. The van der Waals surface area contributed by atoms with E-state index in [4.69, 9.17) is 9.47 Å². The van der Waals surface area contributed by atoms with Crippen LogP contribution in [0.1, 0.15) is 41.5 Å². The summed E-state index contributed by atoms with van der Waals surface area (Å²) < 4.78 is 11.3. The van der Waals surface area contributed by atoms with E-state index < -0.39 is 18.0 Å². The van der Waals surface area contributed by atoms with Crippen LogP contribution in [-0.2, 0) is 40.4 Å². The summed E-state index contributed by atoms with van der Waals surface area (Å²) in [5.74, 6) is -0.217. The number of nitrogens with zero attached hydrogens (tertiary/aromatic N) is 1. The minimum atomic E-state index is -1.02. The summed E-state index contributed by atoms with van der Waals surface area (Å²) in [5.41, 5.74) is 3.95. The molecule has 4 aromatic rings. The zero-order valence-electron chi connectivity index (χ0n) is 26.0. The van der Waals surface area contributed by atoms with Gasteiger partial charge in [-0.15, -0.1) is 0 Å². The van der Waals surface area contributed by atoms with Crippen LogP contribution in [0.3, 0.4) is 0 Å². The molecule has 2 N–H and O–H groups in total. The maximum Gasteiger partial charge on any atom is 0.408 e. The molecule has 1 aliphatic rings. The van der Waals surface area contributed by atoms with Crippen molar-refractivity contribution in [1.29, 1.82) is 0 Å². The van der Waals surface area contributed by atoms with Gasteiger partial charge in [-0.2, -0.15) is 0 Å². The molecule has 4 aromatic carbocycles. The van der Waals surface area contributed by atoms with Crippen molar-refractivity contribution in [3.63, 3.8) is 0 Å². The number of rotatable bonds is 14. The van der Waals surface area contributed by atoms with Gasteiger partial charge in [-0.05, 0) is 73.2 Å². The Hall–Kier alpha value is -4.95. The third-order valence-corrected chi connectivity index (χ3v) is 8.10. The highest BCUT2D eigenvalue weighted by atomic mass is 16.5. The molecule has 0 aromatic heterocycles. The van der Waals surface area contributed by atoms with Gasteiger partial charge in [-0.25, -0.2) is 4.79 Å². The number of alkyl carbamates (subject to hydrolysis) is 1. The van der Waals surface area contributed by atoms with E-state index in [-0.39, 0.29) is 25.0 Å². The van der Waals surface area contributed by atoms with Gasteiger partial charge in [0.2, 0.25) is 11.8 Å². The summed E-state index contributed by atoms with van der Waals surface area (Å²) in [6.07, 6.45) is 2.87. The molecule has 2 atom stereocenters. The number of amides is 3. The number of benzene rings is 4. The second-order valence-corrected chi connectivity index (χ2v) is 11.5. The molecular formula is C38H41N3O5. The highest BCUT2D eigenvalue weighted by Crippen LogP contribution is 2.19. The van der Waals surface area contributed by atoms with Crippen molar-refractivity contribution in [2.75, 3.05) is 13.1 Å². The number of carbonyl (C=O) groups excluding carboxylic acids is 3. The second kappa shape index (κ2) is 16.9. The lowest BCUT2D eigenvalue weighted by atomic mass is 10.0. The molecule has 0 radical (unpaired) electrons. The number of aryl methyl sites for hydroxylation is 1. The zero-order valence-corrected chi connectivity index (χ0v) is 26.0. The lowest BCUT2D eigenvalue weighted by Gasteiger charge is -2.24. The van der Waals surface area contributed by atoms with Crippen LogP contribution in [0.4, 0.5) is 4.79 Å². The molecule has 0 spiro atoms. The summed E-state index contributed by atoms with van der Waals surface area (Å²) in [5, 5.41) is 5.28. The van der Waals surface area contributed by atoms with Crippen molar-refractivity contribution < 1.29 is 23.9 Å². The number of imide groups is 1. The van der Waals surface area contributed by atoms with E-state index in [1.165, 1.54) is 5.56 Å². The molecule has 5 rings (SSSR count). The van der Waals surface area contributed by atoms with Crippen LogP contribution in [0, 0.1) is 0 Å². The topological polar surface area (TPSA) is 97.0 Å². The Kier molecular flexibility index (Phi) is 11.9. The molecule has 0 bridgehead atoms. The first-order valence-corrected chi connectivity index (χ1v) is 15.9. The number of ether oxygens (including phenoxy) is 2. The number of carbonyl (C=O) groups is 3. The Bertz CT molecular complexity index is 1530. The number of hydrogen-bond acceptors (Lipinski definition) is 6. The van der Waals surface area contributed by atoms with Gasteiger partial charge in [-0.3, -0.25) is 19.8 Å². The largest absolute Gasteiger partial charge is 0.489 e. The van der Waals surface area contributed by atoms with Gasteiger partial charge in [0.15, 0.2) is 0 Å². The molecule has 238 valence electrons. The lowest BCUT2D eigenvalue weighted by molar-refractivity contribution is -0.134. The average Bonchev–Trinajstić information content (AvgIpc) is 3.57. The van der Waals surface area contributed by atoms with Crippen LogP contribution in [0.15, 0.2) is 115 Å². The normalized spacial score (nSPS) is 15.1. The van der Waals surface area contributed by atoms with E-state index in [0.29, 0.717) is 18.8 Å². The Morgan fingerprint density at radius 2 is 1.35 bits per heavy atom. The molecule has 1 fully saturated rings. The number of nitrogens with one attached hydrogen (secondary N) is 2. The van der Waals surface area contributed by atoms with Gasteiger partial charge in [0.1, 0.15) is 25.0 Å². The maximum absolute atomic E-state index is 13.5. The van der Waals surface area contributed by atoms with Crippen LogP contribution in [0.5, 0.6) is 5.75 Å². The first-order chi connectivity index (χ1) is 22.5. The predicted molar refractivity (Wildman–Crippen MR) is 177 cm³/mol. The molecule has 8 nitrogen and oxygen atoms in total. The second-order valence-electron chi connectivity index (χ2n) is 11.5. The quantitative estimate of drug-likeness (QED) is 0.184. The van der Waals surface area contributed by atoms with E-state index in [9.17, 15) is 14.4 Å². The summed E-state index contributed by atoms with van der Waals surface area (Å²) in [6.45, 7) is 2.08. The van der Waals surface area contributed by atoms with Crippen molar-refractivity contribution in [2.45, 2.75) is 57.4 Å². The fraction of sp³-hybridized carbons (Fsp3) is 0.289. The van der Waals surface area contributed by atoms with Crippen molar-refractivity contribution in [1.82, 2.24) is 15.5 Å². The van der Waals surface area contributed by atoms with Crippen LogP contribution in [0.2, 0.25) is 0 Å². The van der Waals surface area contributed by atoms with Crippen molar-refractivity contribution in [2.24, 2.45) is 0 Å². The van der Waals surface area contributed by atoms with Gasteiger partial charge in [0.05, 0.1) is 6.04 Å².